The number of rotatable bonds is 4. The van der Waals surface area contributed by atoms with Crippen LogP contribution in [0.15, 0.2) is 47.7 Å². The van der Waals surface area contributed by atoms with E-state index in [4.69, 9.17) is 9.47 Å². The molecule has 5 nitrogen and oxygen atoms in total. The number of pyridine rings is 2. The molecule has 4 rings (SSSR count). The number of hydrogen-bond donors (Lipinski definition) is 0. The van der Waals surface area contributed by atoms with Crippen LogP contribution in [0.4, 0.5) is 4.39 Å². The topological polar surface area (TPSA) is 53.4 Å². The second-order valence-electron chi connectivity index (χ2n) is 7.40. The lowest BCUT2D eigenvalue weighted by molar-refractivity contribution is -0.139. The highest BCUT2D eigenvalue weighted by molar-refractivity contribution is 14.1. The molecule has 3 heterocycles. The third kappa shape index (κ3) is 3.97. The maximum absolute atomic E-state index is 14.3. The molecular weight excluding hydrogens is 474 g/mol. The summed E-state index contributed by atoms with van der Waals surface area (Å²) in [6.45, 7) is 4.55. The van der Waals surface area contributed by atoms with Gasteiger partial charge in [0.05, 0.1) is 18.5 Å². The molecule has 1 atom stereocenters. The Hall–Kier alpha value is -1.84. The molecule has 1 aliphatic rings. The van der Waals surface area contributed by atoms with Crippen molar-refractivity contribution in [3.05, 3.63) is 73.7 Å². The third-order valence-electron chi connectivity index (χ3n) is 4.83. The number of aromatic nitrogens is 2. The van der Waals surface area contributed by atoms with Gasteiger partial charge in [-0.2, -0.15) is 0 Å². The summed E-state index contributed by atoms with van der Waals surface area (Å²) in [7, 11) is 0. The van der Waals surface area contributed by atoms with Gasteiger partial charge in [-0.3, -0.25) is 9.78 Å². The highest BCUT2D eigenvalue weighted by Gasteiger charge is 2.32. The molecule has 0 N–H and O–H groups in total. The number of nitrogens with zero attached hydrogens (tertiary/aromatic N) is 2. The average molecular weight is 494 g/mol. The average Bonchev–Trinajstić information content (AvgIpc) is 2.98. The molecule has 0 radical (unpaired) electrons. The first-order chi connectivity index (χ1) is 13.3. The second kappa shape index (κ2) is 7.53. The van der Waals surface area contributed by atoms with Crippen molar-refractivity contribution in [3.8, 4) is 0 Å². The zero-order valence-corrected chi connectivity index (χ0v) is 17.8. The van der Waals surface area contributed by atoms with Gasteiger partial charge in [0.15, 0.2) is 5.79 Å². The van der Waals surface area contributed by atoms with Gasteiger partial charge >= 0.3 is 0 Å². The standard InChI is InChI=1S/C21H20FIN2O3/c1-21(2)27-12-17(28-21)11-25-6-5-14-9-24-10-15(19(14)20(25)26)7-13-3-4-16(23)8-18(13)22/h3-6,8-10,17H,7,11-12H2,1-2H3/t17-/m1/s1. The summed E-state index contributed by atoms with van der Waals surface area (Å²) >= 11 is 2.07. The van der Waals surface area contributed by atoms with Crippen molar-refractivity contribution in [1.82, 2.24) is 9.55 Å². The van der Waals surface area contributed by atoms with Gasteiger partial charge in [-0.15, -0.1) is 0 Å². The van der Waals surface area contributed by atoms with Crippen molar-refractivity contribution in [2.75, 3.05) is 6.61 Å². The van der Waals surface area contributed by atoms with Gasteiger partial charge in [0.1, 0.15) is 11.9 Å². The molecule has 1 aliphatic heterocycles. The summed E-state index contributed by atoms with van der Waals surface area (Å²) in [5.74, 6) is -0.915. The van der Waals surface area contributed by atoms with Gasteiger partial charge in [-0.05, 0) is 65.8 Å². The van der Waals surface area contributed by atoms with E-state index in [9.17, 15) is 9.18 Å². The first-order valence-electron chi connectivity index (χ1n) is 9.04. The highest BCUT2D eigenvalue weighted by Crippen LogP contribution is 2.24. The summed E-state index contributed by atoms with van der Waals surface area (Å²) in [4.78, 5) is 17.4. The Kier molecular flexibility index (Phi) is 5.24. The molecule has 28 heavy (non-hydrogen) atoms. The normalized spacial score (nSPS) is 18.6. The summed E-state index contributed by atoms with van der Waals surface area (Å²) in [6, 6.07) is 6.96. The largest absolute Gasteiger partial charge is 0.348 e. The molecule has 3 aromatic rings. The molecule has 7 heteroatoms. The van der Waals surface area contributed by atoms with E-state index in [1.807, 2.05) is 26.0 Å². The van der Waals surface area contributed by atoms with E-state index in [0.29, 0.717) is 36.1 Å². The molecule has 1 aromatic carbocycles. The molecule has 0 spiro atoms. The molecule has 0 amide bonds. The quantitative estimate of drug-likeness (QED) is 0.517. The highest BCUT2D eigenvalue weighted by atomic mass is 127. The number of ether oxygens (including phenoxy) is 2. The Morgan fingerprint density at radius 3 is 2.82 bits per heavy atom. The maximum Gasteiger partial charge on any atom is 0.258 e. The summed E-state index contributed by atoms with van der Waals surface area (Å²) < 4.78 is 28.2. The lowest BCUT2D eigenvalue weighted by Crippen LogP contribution is -2.29. The zero-order chi connectivity index (χ0) is 19.9. The van der Waals surface area contributed by atoms with Crippen LogP contribution < -0.4 is 5.56 Å². The molecule has 0 aliphatic carbocycles. The van der Waals surface area contributed by atoms with E-state index in [1.54, 1.807) is 29.2 Å². The van der Waals surface area contributed by atoms with E-state index < -0.39 is 5.79 Å². The summed E-state index contributed by atoms with van der Waals surface area (Å²) in [6.07, 6.45) is 5.17. The fraction of sp³-hybridized carbons (Fsp3) is 0.333. The van der Waals surface area contributed by atoms with Crippen LogP contribution in [0.5, 0.6) is 0 Å². The van der Waals surface area contributed by atoms with Crippen LogP contribution in [0.3, 0.4) is 0 Å². The van der Waals surface area contributed by atoms with Gasteiger partial charge in [0, 0.05) is 34.0 Å². The van der Waals surface area contributed by atoms with Crippen molar-refractivity contribution < 1.29 is 13.9 Å². The lowest BCUT2D eigenvalue weighted by Gasteiger charge is -2.18. The molecule has 2 aromatic heterocycles. The Labute approximate surface area is 175 Å². The van der Waals surface area contributed by atoms with E-state index in [2.05, 4.69) is 27.6 Å². The van der Waals surface area contributed by atoms with E-state index in [1.165, 1.54) is 6.07 Å². The molecular formula is C21H20FIN2O3. The van der Waals surface area contributed by atoms with Crippen molar-refractivity contribution in [2.24, 2.45) is 0 Å². The number of fused-ring (bicyclic) bond motifs is 1. The van der Waals surface area contributed by atoms with Crippen molar-refractivity contribution in [2.45, 2.75) is 38.7 Å². The maximum atomic E-state index is 14.3. The van der Waals surface area contributed by atoms with Crippen LogP contribution in [-0.4, -0.2) is 28.0 Å². The summed E-state index contributed by atoms with van der Waals surface area (Å²) in [5, 5.41) is 1.31. The lowest BCUT2D eigenvalue weighted by atomic mass is 10.0. The Morgan fingerprint density at radius 2 is 2.11 bits per heavy atom. The van der Waals surface area contributed by atoms with Crippen LogP contribution in [0, 0.1) is 9.39 Å². The molecule has 146 valence electrons. The van der Waals surface area contributed by atoms with Crippen LogP contribution >= 0.6 is 22.6 Å². The van der Waals surface area contributed by atoms with Crippen molar-refractivity contribution >= 4 is 33.4 Å². The van der Waals surface area contributed by atoms with Crippen molar-refractivity contribution in [1.29, 1.82) is 0 Å². The van der Waals surface area contributed by atoms with E-state index >= 15 is 0 Å². The Bertz CT molecular complexity index is 1100. The number of halogens is 2. The fourth-order valence-electron chi connectivity index (χ4n) is 3.51. The van der Waals surface area contributed by atoms with E-state index in [-0.39, 0.29) is 17.5 Å². The van der Waals surface area contributed by atoms with Gasteiger partial charge in [0.2, 0.25) is 0 Å². The SMILES string of the molecule is CC1(C)OC[C@@H](Cn2ccc3cncc(Cc4ccc(I)cc4F)c3c2=O)O1. The van der Waals surface area contributed by atoms with Crippen molar-refractivity contribution in [3.63, 3.8) is 0 Å². The molecule has 1 saturated heterocycles. The monoisotopic (exact) mass is 494 g/mol. The van der Waals surface area contributed by atoms with Gasteiger partial charge < -0.3 is 14.0 Å². The van der Waals surface area contributed by atoms with Gasteiger partial charge in [-0.1, -0.05) is 6.07 Å². The molecule has 0 bridgehead atoms. The Balaban J connectivity index is 1.71. The zero-order valence-electron chi connectivity index (χ0n) is 15.6. The minimum Gasteiger partial charge on any atom is -0.348 e. The first kappa shape index (κ1) is 19.5. The van der Waals surface area contributed by atoms with Crippen LogP contribution in [0.2, 0.25) is 0 Å². The smallest absolute Gasteiger partial charge is 0.258 e. The predicted molar refractivity (Wildman–Crippen MR) is 113 cm³/mol. The predicted octanol–water partition coefficient (Wildman–Crippen LogP) is 3.88. The van der Waals surface area contributed by atoms with Crippen LogP contribution in [0.25, 0.3) is 10.8 Å². The number of benzene rings is 1. The van der Waals surface area contributed by atoms with Gasteiger partial charge in [-0.25, -0.2) is 4.39 Å². The molecule has 0 saturated carbocycles. The molecule has 1 fully saturated rings. The summed E-state index contributed by atoms with van der Waals surface area (Å²) in [5.41, 5.74) is 1.12. The Morgan fingerprint density at radius 1 is 1.29 bits per heavy atom. The minimum absolute atomic E-state index is 0.130. The van der Waals surface area contributed by atoms with Crippen LogP contribution in [0.1, 0.15) is 25.0 Å². The second-order valence-corrected chi connectivity index (χ2v) is 8.64. The third-order valence-corrected chi connectivity index (χ3v) is 5.50. The molecule has 0 unspecified atom stereocenters. The number of hydrogen-bond acceptors (Lipinski definition) is 4. The first-order valence-corrected chi connectivity index (χ1v) is 10.1. The van der Waals surface area contributed by atoms with Gasteiger partial charge in [0.25, 0.3) is 5.56 Å². The minimum atomic E-state index is -0.636. The fourth-order valence-corrected chi connectivity index (χ4v) is 3.96. The van der Waals surface area contributed by atoms with E-state index in [0.717, 1.165) is 8.96 Å². The van der Waals surface area contributed by atoms with Crippen LogP contribution in [-0.2, 0) is 22.4 Å².